The minimum atomic E-state index is 0.789. The van der Waals surface area contributed by atoms with Crippen molar-refractivity contribution in [1.82, 2.24) is 5.32 Å². The highest BCUT2D eigenvalue weighted by Crippen LogP contribution is 2.48. The molecule has 1 aromatic carbocycles. The van der Waals surface area contributed by atoms with Crippen LogP contribution in [0.5, 0.6) is 0 Å². The lowest BCUT2D eigenvalue weighted by atomic mass is 10.1. The summed E-state index contributed by atoms with van der Waals surface area (Å²) in [7, 11) is 0. The van der Waals surface area contributed by atoms with Crippen LogP contribution in [-0.2, 0) is 0 Å². The maximum atomic E-state index is 3.33. The second-order valence-corrected chi connectivity index (χ2v) is 4.49. The Morgan fingerprint density at radius 1 is 1.31 bits per heavy atom. The minimum Gasteiger partial charge on any atom is -0.317 e. The van der Waals surface area contributed by atoms with Crippen molar-refractivity contribution in [2.45, 2.75) is 25.7 Å². The average molecular weight is 215 g/mol. The number of hydrogen-bond donors (Lipinski definition) is 1. The molecule has 0 heterocycles. The molecule has 1 saturated carbocycles. The summed E-state index contributed by atoms with van der Waals surface area (Å²) < 4.78 is 0. The second kappa shape index (κ2) is 5.86. The van der Waals surface area contributed by atoms with E-state index in [1.165, 1.54) is 12.0 Å². The van der Waals surface area contributed by atoms with Crippen molar-refractivity contribution in [1.29, 1.82) is 0 Å². The van der Waals surface area contributed by atoms with Crippen LogP contribution < -0.4 is 5.32 Å². The fraction of sp³-hybridized carbons (Fsp3) is 0.467. The van der Waals surface area contributed by atoms with Gasteiger partial charge in [0, 0.05) is 0 Å². The largest absolute Gasteiger partial charge is 0.317 e. The van der Waals surface area contributed by atoms with Crippen LogP contribution in [0.4, 0.5) is 0 Å². The molecule has 0 spiro atoms. The van der Waals surface area contributed by atoms with Crippen LogP contribution in [0.1, 0.15) is 31.2 Å². The number of rotatable bonds is 6. The van der Waals surface area contributed by atoms with Crippen LogP contribution >= 0.6 is 0 Å². The van der Waals surface area contributed by atoms with Gasteiger partial charge >= 0.3 is 0 Å². The maximum Gasteiger partial charge on any atom is -0.00144 e. The molecule has 1 fully saturated rings. The van der Waals surface area contributed by atoms with E-state index in [4.69, 9.17) is 0 Å². The molecule has 0 saturated heterocycles. The van der Waals surface area contributed by atoms with Crippen molar-refractivity contribution in [3.63, 3.8) is 0 Å². The van der Waals surface area contributed by atoms with Crippen molar-refractivity contribution >= 4 is 0 Å². The summed E-state index contributed by atoms with van der Waals surface area (Å²) in [6, 6.07) is 10.9. The summed E-state index contributed by atoms with van der Waals surface area (Å²) in [5, 5.41) is 3.33. The van der Waals surface area contributed by atoms with Crippen LogP contribution in [0.3, 0.4) is 0 Å². The van der Waals surface area contributed by atoms with Crippen LogP contribution in [0, 0.1) is 5.92 Å². The molecule has 0 bridgehead atoms. The molecule has 2 rings (SSSR count). The molecule has 86 valence electrons. The zero-order valence-electron chi connectivity index (χ0n) is 10.0. The first kappa shape index (κ1) is 11.4. The zero-order valence-corrected chi connectivity index (χ0v) is 10.0. The normalized spacial score (nSPS) is 23.8. The first-order valence-electron chi connectivity index (χ1n) is 6.34. The third kappa shape index (κ3) is 3.21. The fourth-order valence-electron chi connectivity index (χ4n) is 2.14. The van der Waals surface area contributed by atoms with E-state index in [0.29, 0.717) is 0 Å². The molecule has 1 N–H and O–H groups in total. The molecule has 16 heavy (non-hydrogen) atoms. The van der Waals surface area contributed by atoms with Gasteiger partial charge in [-0.3, -0.25) is 0 Å². The van der Waals surface area contributed by atoms with Gasteiger partial charge in [0.2, 0.25) is 0 Å². The van der Waals surface area contributed by atoms with Gasteiger partial charge in [-0.2, -0.15) is 0 Å². The van der Waals surface area contributed by atoms with Gasteiger partial charge < -0.3 is 5.32 Å². The first-order chi connectivity index (χ1) is 7.92. The molecule has 1 aliphatic rings. The van der Waals surface area contributed by atoms with E-state index in [1.807, 2.05) is 0 Å². The third-order valence-corrected chi connectivity index (χ3v) is 3.19. The van der Waals surface area contributed by atoms with E-state index in [1.54, 1.807) is 0 Å². The molecule has 1 nitrogen and oxygen atoms in total. The van der Waals surface area contributed by atoms with E-state index in [2.05, 4.69) is 54.7 Å². The van der Waals surface area contributed by atoms with Crippen molar-refractivity contribution in [3.8, 4) is 0 Å². The predicted octanol–water partition coefficient (Wildman–Crippen LogP) is 3.35. The standard InChI is InChI=1S/C15H21N/c1-2-16-11-7-6-10-14-12-15(14)13-8-4-3-5-9-13/h3-6,8-10,14-16H,2,7,11-12H2,1H3/b10-6+. The lowest BCUT2D eigenvalue weighted by Crippen LogP contribution is -2.12. The Bertz CT molecular complexity index is 329. The van der Waals surface area contributed by atoms with Gasteiger partial charge in [0.1, 0.15) is 0 Å². The van der Waals surface area contributed by atoms with Gasteiger partial charge in [0.15, 0.2) is 0 Å². The lowest BCUT2D eigenvalue weighted by Gasteiger charge is -1.97. The van der Waals surface area contributed by atoms with Crippen LogP contribution in [0.15, 0.2) is 42.5 Å². The van der Waals surface area contributed by atoms with E-state index < -0.39 is 0 Å². The Morgan fingerprint density at radius 3 is 2.88 bits per heavy atom. The Morgan fingerprint density at radius 2 is 2.12 bits per heavy atom. The molecule has 1 heteroatoms. The predicted molar refractivity (Wildman–Crippen MR) is 69.6 cm³/mol. The Labute approximate surface area is 98.6 Å². The maximum absolute atomic E-state index is 3.33. The summed E-state index contributed by atoms with van der Waals surface area (Å²) in [6.07, 6.45) is 7.22. The molecule has 0 aromatic heterocycles. The molecule has 0 radical (unpaired) electrons. The highest BCUT2D eigenvalue weighted by atomic mass is 14.8. The highest BCUT2D eigenvalue weighted by Gasteiger charge is 2.35. The molecular weight excluding hydrogens is 194 g/mol. The highest BCUT2D eigenvalue weighted by molar-refractivity contribution is 5.28. The second-order valence-electron chi connectivity index (χ2n) is 4.49. The Balaban J connectivity index is 1.71. The van der Waals surface area contributed by atoms with Gasteiger partial charge in [-0.05, 0) is 43.3 Å². The van der Waals surface area contributed by atoms with E-state index >= 15 is 0 Å². The summed E-state index contributed by atoms with van der Waals surface area (Å²) in [5.41, 5.74) is 1.50. The summed E-state index contributed by atoms with van der Waals surface area (Å²) in [5.74, 6) is 1.58. The van der Waals surface area contributed by atoms with Crippen molar-refractivity contribution in [3.05, 3.63) is 48.0 Å². The van der Waals surface area contributed by atoms with Crippen molar-refractivity contribution < 1.29 is 0 Å². The molecule has 1 aromatic rings. The molecule has 2 atom stereocenters. The zero-order chi connectivity index (χ0) is 11.2. The van der Waals surface area contributed by atoms with Crippen LogP contribution in [0.25, 0.3) is 0 Å². The summed E-state index contributed by atoms with van der Waals surface area (Å²) >= 11 is 0. The monoisotopic (exact) mass is 215 g/mol. The molecule has 1 aliphatic carbocycles. The summed E-state index contributed by atoms with van der Waals surface area (Å²) in [4.78, 5) is 0. The van der Waals surface area contributed by atoms with Crippen molar-refractivity contribution in [2.24, 2.45) is 5.92 Å². The molecule has 2 unspecified atom stereocenters. The minimum absolute atomic E-state index is 0.789. The lowest BCUT2D eigenvalue weighted by molar-refractivity contribution is 0.725. The van der Waals surface area contributed by atoms with E-state index in [9.17, 15) is 0 Å². The van der Waals surface area contributed by atoms with Crippen LogP contribution in [0.2, 0.25) is 0 Å². The average Bonchev–Trinajstić information content (AvgIpc) is 3.10. The molecule has 0 amide bonds. The first-order valence-corrected chi connectivity index (χ1v) is 6.34. The quantitative estimate of drug-likeness (QED) is 0.567. The Hall–Kier alpha value is -1.08. The number of nitrogens with one attached hydrogen (secondary N) is 1. The van der Waals surface area contributed by atoms with Gasteiger partial charge in [-0.25, -0.2) is 0 Å². The molecule has 0 aliphatic heterocycles. The topological polar surface area (TPSA) is 12.0 Å². The van der Waals surface area contributed by atoms with Gasteiger partial charge in [-0.15, -0.1) is 0 Å². The SMILES string of the molecule is CCNCC/C=C/C1CC1c1ccccc1. The third-order valence-electron chi connectivity index (χ3n) is 3.19. The van der Waals surface area contributed by atoms with E-state index in [0.717, 1.165) is 31.3 Å². The smallest absolute Gasteiger partial charge is 0.00144 e. The van der Waals surface area contributed by atoms with Gasteiger partial charge in [0.05, 0.1) is 0 Å². The summed E-state index contributed by atoms with van der Waals surface area (Å²) in [6.45, 7) is 4.33. The number of benzene rings is 1. The van der Waals surface area contributed by atoms with Gasteiger partial charge in [-0.1, -0.05) is 49.4 Å². The number of allylic oxidation sites excluding steroid dienone is 1. The van der Waals surface area contributed by atoms with Gasteiger partial charge in [0.25, 0.3) is 0 Å². The molecular formula is C15H21N. The van der Waals surface area contributed by atoms with E-state index in [-0.39, 0.29) is 0 Å². The number of hydrogen-bond acceptors (Lipinski definition) is 1. The van der Waals surface area contributed by atoms with Crippen molar-refractivity contribution in [2.75, 3.05) is 13.1 Å². The fourth-order valence-corrected chi connectivity index (χ4v) is 2.14. The van der Waals surface area contributed by atoms with Crippen LogP contribution in [-0.4, -0.2) is 13.1 Å². The Kier molecular flexibility index (Phi) is 4.17.